The number of benzene rings is 1. The van der Waals surface area contributed by atoms with Crippen molar-refractivity contribution in [2.24, 2.45) is 0 Å². The van der Waals surface area contributed by atoms with E-state index in [1.165, 1.54) is 5.56 Å². The minimum Gasteiger partial charge on any atom is -0.454 e. The Labute approximate surface area is 159 Å². The van der Waals surface area contributed by atoms with Gasteiger partial charge in [0.15, 0.2) is 11.5 Å². The van der Waals surface area contributed by atoms with Gasteiger partial charge >= 0.3 is 0 Å². The van der Waals surface area contributed by atoms with Gasteiger partial charge in [-0.3, -0.25) is 9.88 Å². The maximum absolute atomic E-state index is 6.15. The molecule has 1 aromatic heterocycles. The zero-order chi connectivity index (χ0) is 18.1. The fraction of sp³-hybridized carbons (Fsp3) is 0.476. The van der Waals surface area contributed by atoms with Gasteiger partial charge in [-0.05, 0) is 35.7 Å². The van der Waals surface area contributed by atoms with E-state index in [-0.39, 0.29) is 11.7 Å². The van der Waals surface area contributed by atoms with Crippen molar-refractivity contribution in [1.82, 2.24) is 9.88 Å². The van der Waals surface area contributed by atoms with E-state index in [0.29, 0.717) is 13.4 Å². The largest absolute Gasteiger partial charge is 0.454 e. The van der Waals surface area contributed by atoms with Crippen LogP contribution in [0.3, 0.4) is 0 Å². The summed E-state index contributed by atoms with van der Waals surface area (Å²) >= 11 is 0. The Kier molecular flexibility index (Phi) is 4.47. The Morgan fingerprint density at radius 1 is 1.15 bits per heavy atom. The van der Waals surface area contributed by atoms with Crippen molar-refractivity contribution in [3.05, 3.63) is 53.9 Å². The highest BCUT2D eigenvalue weighted by molar-refractivity contribution is 5.44. The Balaban J connectivity index is 1.13. The number of ether oxygens (including phenoxy) is 4. The lowest BCUT2D eigenvalue weighted by Gasteiger charge is -2.53. The van der Waals surface area contributed by atoms with Gasteiger partial charge in [0.1, 0.15) is 0 Å². The van der Waals surface area contributed by atoms with Crippen LogP contribution in [0, 0.1) is 0 Å². The summed E-state index contributed by atoms with van der Waals surface area (Å²) in [6.45, 7) is 4.52. The second kappa shape index (κ2) is 7.11. The van der Waals surface area contributed by atoms with Crippen molar-refractivity contribution in [2.75, 3.05) is 26.5 Å². The van der Waals surface area contributed by atoms with Crippen molar-refractivity contribution in [2.45, 2.75) is 37.7 Å². The lowest BCUT2D eigenvalue weighted by atomic mass is 9.84. The summed E-state index contributed by atoms with van der Waals surface area (Å²) in [5.41, 5.74) is 2.32. The zero-order valence-electron chi connectivity index (χ0n) is 15.3. The van der Waals surface area contributed by atoms with E-state index >= 15 is 0 Å². The second-order valence-electron chi connectivity index (χ2n) is 7.65. The molecule has 0 radical (unpaired) electrons. The smallest absolute Gasteiger partial charge is 0.231 e. The predicted octanol–water partition coefficient (Wildman–Crippen LogP) is 2.76. The third kappa shape index (κ3) is 3.65. The van der Waals surface area contributed by atoms with Crippen LogP contribution in [0.4, 0.5) is 0 Å². The van der Waals surface area contributed by atoms with Crippen LogP contribution in [0.1, 0.15) is 24.0 Å². The summed E-state index contributed by atoms with van der Waals surface area (Å²) in [5, 5.41) is 0. The molecule has 4 heterocycles. The maximum atomic E-state index is 6.15. The van der Waals surface area contributed by atoms with Crippen LogP contribution in [0.25, 0.3) is 0 Å². The summed E-state index contributed by atoms with van der Waals surface area (Å²) < 4.78 is 23.1. The molecule has 0 amide bonds. The molecule has 2 fully saturated rings. The Morgan fingerprint density at radius 2 is 2.07 bits per heavy atom. The molecule has 6 nitrogen and oxygen atoms in total. The van der Waals surface area contributed by atoms with E-state index in [1.807, 2.05) is 18.3 Å². The molecule has 1 atom stereocenters. The van der Waals surface area contributed by atoms with Gasteiger partial charge in [-0.25, -0.2) is 0 Å². The molecule has 0 aliphatic carbocycles. The van der Waals surface area contributed by atoms with Crippen molar-refractivity contribution >= 4 is 0 Å². The van der Waals surface area contributed by atoms with Crippen LogP contribution in [0.5, 0.6) is 11.5 Å². The number of hydrogen-bond donors (Lipinski definition) is 0. The van der Waals surface area contributed by atoms with Crippen LogP contribution in [-0.2, 0) is 22.6 Å². The molecule has 5 rings (SSSR count). The molecule has 1 aromatic carbocycles. The normalized spacial score (nSPS) is 23.3. The molecule has 0 unspecified atom stereocenters. The SMILES string of the molecule is c1cncc(CO[C@H]2CCOC3(C2)CN(Cc2ccc4c(c2)OCO4)C3)c1. The third-order valence-corrected chi connectivity index (χ3v) is 5.52. The van der Waals surface area contributed by atoms with E-state index in [0.717, 1.165) is 56.1 Å². The van der Waals surface area contributed by atoms with Crippen LogP contribution >= 0.6 is 0 Å². The molecule has 2 aromatic rings. The maximum Gasteiger partial charge on any atom is 0.231 e. The number of hydrogen-bond acceptors (Lipinski definition) is 6. The molecule has 3 aliphatic rings. The summed E-state index contributed by atoms with van der Waals surface area (Å²) in [6, 6.07) is 10.2. The average Bonchev–Trinajstić information content (AvgIpc) is 3.14. The molecule has 3 aliphatic heterocycles. The molecule has 27 heavy (non-hydrogen) atoms. The first-order valence-electron chi connectivity index (χ1n) is 9.53. The number of aromatic nitrogens is 1. The van der Waals surface area contributed by atoms with Gasteiger partial charge in [-0.15, -0.1) is 0 Å². The van der Waals surface area contributed by atoms with Gasteiger partial charge < -0.3 is 18.9 Å². The van der Waals surface area contributed by atoms with E-state index in [2.05, 4.69) is 28.1 Å². The summed E-state index contributed by atoms with van der Waals surface area (Å²) in [5.74, 6) is 1.68. The summed E-state index contributed by atoms with van der Waals surface area (Å²) in [7, 11) is 0. The predicted molar refractivity (Wildman–Crippen MR) is 98.6 cm³/mol. The fourth-order valence-electron chi connectivity index (χ4n) is 4.22. The highest BCUT2D eigenvalue weighted by Crippen LogP contribution is 2.38. The highest BCUT2D eigenvalue weighted by Gasteiger charge is 2.47. The van der Waals surface area contributed by atoms with Gasteiger partial charge in [0.2, 0.25) is 6.79 Å². The van der Waals surface area contributed by atoms with Crippen LogP contribution in [0.2, 0.25) is 0 Å². The first-order chi connectivity index (χ1) is 13.3. The van der Waals surface area contributed by atoms with Crippen molar-refractivity contribution in [1.29, 1.82) is 0 Å². The van der Waals surface area contributed by atoms with Crippen molar-refractivity contribution < 1.29 is 18.9 Å². The van der Waals surface area contributed by atoms with E-state index in [1.54, 1.807) is 6.20 Å². The van der Waals surface area contributed by atoms with Crippen LogP contribution < -0.4 is 9.47 Å². The molecule has 6 heteroatoms. The number of pyridine rings is 1. The second-order valence-corrected chi connectivity index (χ2v) is 7.65. The third-order valence-electron chi connectivity index (χ3n) is 5.52. The lowest BCUT2D eigenvalue weighted by Crippen LogP contribution is -2.65. The molecule has 0 N–H and O–H groups in total. The number of fused-ring (bicyclic) bond motifs is 1. The number of likely N-dealkylation sites (tertiary alicyclic amines) is 1. The quantitative estimate of drug-likeness (QED) is 0.809. The topological polar surface area (TPSA) is 53.1 Å². The van der Waals surface area contributed by atoms with Gasteiger partial charge in [0, 0.05) is 45.1 Å². The molecular weight excluding hydrogens is 344 g/mol. The van der Waals surface area contributed by atoms with Crippen LogP contribution in [0.15, 0.2) is 42.7 Å². The van der Waals surface area contributed by atoms with Gasteiger partial charge in [0.25, 0.3) is 0 Å². The molecule has 0 saturated carbocycles. The highest BCUT2D eigenvalue weighted by atomic mass is 16.7. The van der Waals surface area contributed by atoms with Gasteiger partial charge in [-0.1, -0.05) is 12.1 Å². The van der Waals surface area contributed by atoms with E-state index < -0.39 is 0 Å². The van der Waals surface area contributed by atoms with Crippen molar-refractivity contribution in [3.63, 3.8) is 0 Å². The lowest BCUT2D eigenvalue weighted by molar-refractivity contribution is -0.200. The van der Waals surface area contributed by atoms with Gasteiger partial charge in [-0.2, -0.15) is 0 Å². The van der Waals surface area contributed by atoms with Crippen molar-refractivity contribution in [3.8, 4) is 11.5 Å². The average molecular weight is 368 g/mol. The standard InChI is InChI=1S/C21H24N2O4/c1-2-17(10-22-6-1)12-24-18-5-7-27-21(9-18)13-23(14-21)11-16-3-4-19-20(8-16)26-15-25-19/h1-4,6,8,10,18H,5,7,9,11-15H2/t18-/m0/s1. The minimum atomic E-state index is -0.0474. The zero-order valence-corrected chi connectivity index (χ0v) is 15.3. The van der Waals surface area contributed by atoms with E-state index in [4.69, 9.17) is 18.9 Å². The van der Waals surface area contributed by atoms with Gasteiger partial charge in [0.05, 0.1) is 18.3 Å². The molecule has 1 spiro atoms. The molecular formula is C21H24N2O4. The Bertz CT molecular complexity index is 792. The minimum absolute atomic E-state index is 0.0474. The molecule has 0 bridgehead atoms. The Morgan fingerprint density at radius 3 is 2.96 bits per heavy atom. The first-order valence-corrected chi connectivity index (χ1v) is 9.53. The number of rotatable bonds is 5. The van der Waals surface area contributed by atoms with Crippen LogP contribution in [-0.4, -0.2) is 48.1 Å². The fourth-order valence-corrected chi connectivity index (χ4v) is 4.22. The number of nitrogens with zero attached hydrogens (tertiary/aromatic N) is 2. The monoisotopic (exact) mass is 368 g/mol. The Hall–Kier alpha value is -2.15. The molecule has 2 saturated heterocycles. The first kappa shape index (κ1) is 17.0. The summed E-state index contributed by atoms with van der Waals surface area (Å²) in [6.07, 6.45) is 5.84. The summed E-state index contributed by atoms with van der Waals surface area (Å²) in [4.78, 5) is 6.57. The molecule has 142 valence electrons. The van der Waals surface area contributed by atoms with E-state index in [9.17, 15) is 0 Å².